The second-order valence-electron chi connectivity index (χ2n) is 7.03. The Hall–Kier alpha value is -1.06. The summed E-state index contributed by atoms with van der Waals surface area (Å²) in [6.45, 7) is 4.19. The molecule has 0 saturated carbocycles. The smallest absolute Gasteiger partial charge is 0.320 e. The van der Waals surface area contributed by atoms with Crippen molar-refractivity contribution < 1.29 is 19.4 Å². The summed E-state index contributed by atoms with van der Waals surface area (Å²) in [7, 11) is 0. The number of carbonyl (C=O) groups excluding carboxylic acids is 1. The van der Waals surface area contributed by atoms with Gasteiger partial charge < -0.3 is 9.84 Å². The third-order valence-electron chi connectivity index (χ3n) is 4.72. The first-order valence-corrected chi connectivity index (χ1v) is 10.5. The summed E-state index contributed by atoms with van der Waals surface area (Å²) >= 11 is 0. The average Bonchev–Trinajstić information content (AvgIpc) is 2.58. The zero-order chi connectivity index (χ0) is 18.8. The molecule has 0 bridgehead atoms. The molecule has 0 saturated heterocycles. The fourth-order valence-electron chi connectivity index (χ4n) is 3.13. The van der Waals surface area contributed by atoms with Crippen LogP contribution in [-0.2, 0) is 14.3 Å². The van der Waals surface area contributed by atoms with Crippen LogP contribution in [0.25, 0.3) is 0 Å². The summed E-state index contributed by atoms with van der Waals surface area (Å²) in [5, 5.41) is 9.07. The zero-order valence-electron chi connectivity index (χ0n) is 16.6. The van der Waals surface area contributed by atoms with Gasteiger partial charge in [-0.05, 0) is 13.3 Å². The first-order valence-electron chi connectivity index (χ1n) is 10.5. The highest BCUT2D eigenvalue weighted by molar-refractivity contribution is 5.93. The zero-order valence-corrected chi connectivity index (χ0v) is 16.6. The van der Waals surface area contributed by atoms with Gasteiger partial charge in [0.15, 0.2) is 5.92 Å². The lowest BCUT2D eigenvalue weighted by Gasteiger charge is -2.10. The van der Waals surface area contributed by atoms with Gasteiger partial charge >= 0.3 is 11.9 Å². The Morgan fingerprint density at radius 1 is 0.720 bits per heavy atom. The highest BCUT2D eigenvalue weighted by atomic mass is 16.5. The maximum absolute atomic E-state index is 11.5. The quantitative estimate of drug-likeness (QED) is 0.182. The van der Waals surface area contributed by atoms with Crippen molar-refractivity contribution in [3.8, 4) is 0 Å². The molecule has 0 aromatic rings. The number of rotatable bonds is 18. The summed E-state index contributed by atoms with van der Waals surface area (Å²) in [5.74, 6) is -2.64. The van der Waals surface area contributed by atoms with E-state index in [2.05, 4.69) is 6.92 Å². The lowest BCUT2D eigenvalue weighted by atomic mass is 10.00. The van der Waals surface area contributed by atoms with Crippen molar-refractivity contribution in [2.75, 3.05) is 6.61 Å². The molecule has 0 aliphatic rings. The molecule has 25 heavy (non-hydrogen) atoms. The molecule has 1 atom stereocenters. The van der Waals surface area contributed by atoms with Crippen molar-refractivity contribution in [3.63, 3.8) is 0 Å². The molecule has 0 aromatic carbocycles. The molecule has 1 N–H and O–H groups in total. The predicted octanol–water partition coefficient (Wildman–Crippen LogP) is 6.12. The number of aliphatic carboxylic acids is 1. The highest BCUT2D eigenvalue weighted by Gasteiger charge is 2.26. The third-order valence-corrected chi connectivity index (χ3v) is 4.72. The van der Waals surface area contributed by atoms with Crippen molar-refractivity contribution in [1.82, 2.24) is 0 Å². The minimum Gasteiger partial charge on any atom is -0.481 e. The summed E-state index contributed by atoms with van der Waals surface area (Å²) in [6, 6.07) is 0. The molecule has 0 aliphatic heterocycles. The average molecular weight is 357 g/mol. The fourth-order valence-corrected chi connectivity index (χ4v) is 3.13. The Morgan fingerprint density at radius 3 is 1.48 bits per heavy atom. The molecular formula is C21H40O4. The fraction of sp³-hybridized carbons (Fsp3) is 0.905. The first kappa shape index (κ1) is 23.9. The number of carboxylic acid groups (broad SMARTS) is 1. The number of carbonyl (C=O) groups is 2. The van der Waals surface area contributed by atoms with Crippen LogP contribution in [-0.4, -0.2) is 23.7 Å². The van der Waals surface area contributed by atoms with Gasteiger partial charge in [0, 0.05) is 0 Å². The van der Waals surface area contributed by atoms with Gasteiger partial charge in [0.25, 0.3) is 0 Å². The van der Waals surface area contributed by atoms with Gasteiger partial charge in [0.1, 0.15) is 0 Å². The van der Waals surface area contributed by atoms with Gasteiger partial charge in [-0.15, -0.1) is 0 Å². The van der Waals surface area contributed by atoms with Gasteiger partial charge in [-0.1, -0.05) is 96.8 Å². The molecular weight excluding hydrogens is 316 g/mol. The second-order valence-corrected chi connectivity index (χ2v) is 7.03. The lowest BCUT2D eigenvalue weighted by molar-refractivity contribution is -0.158. The van der Waals surface area contributed by atoms with Crippen LogP contribution in [0, 0.1) is 5.92 Å². The van der Waals surface area contributed by atoms with E-state index < -0.39 is 17.9 Å². The standard InChI is InChI=1S/C21H40O4/c1-3-5-6-7-8-9-10-11-12-13-14-15-16-17-18-19(20(22)23)21(24)25-4-2/h19H,3-18H2,1-2H3,(H,22,23). The molecule has 0 radical (unpaired) electrons. The van der Waals surface area contributed by atoms with E-state index in [4.69, 9.17) is 9.84 Å². The molecule has 0 aliphatic carbocycles. The van der Waals surface area contributed by atoms with Crippen molar-refractivity contribution >= 4 is 11.9 Å². The Kier molecular flexibility index (Phi) is 17.0. The van der Waals surface area contributed by atoms with Gasteiger partial charge in [-0.25, -0.2) is 0 Å². The number of ether oxygens (including phenoxy) is 1. The largest absolute Gasteiger partial charge is 0.481 e. The van der Waals surface area contributed by atoms with Crippen molar-refractivity contribution in [1.29, 1.82) is 0 Å². The summed E-state index contributed by atoms with van der Waals surface area (Å²) in [4.78, 5) is 22.6. The van der Waals surface area contributed by atoms with Gasteiger partial charge in [-0.2, -0.15) is 0 Å². The van der Waals surface area contributed by atoms with Crippen LogP contribution in [0.15, 0.2) is 0 Å². The maximum atomic E-state index is 11.5. The molecule has 4 heteroatoms. The van der Waals surface area contributed by atoms with Crippen LogP contribution in [0.2, 0.25) is 0 Å². The molecule has 4 nitrogen and oxygen atoms in total. The topological polar surface area (TPSA) is 63.6 Å². The third kappa shape index (κ3) is 14.9. The van der Waals surface area contributed by atoms with Crippen LogP contribution >= 0.6 is 0 Å². The van der Waals surface area contributed by atoms with E-state index >= 15 is 0 Å². The Balaban J connectivity index is 3.40. The van der Waals surface area contributed by atoms with E-state index in [0.29, 0.717) is 6.42 Å². The van der Waals surface area contributed by atoms with Crippen LogP contribution in [0.4, 0.5) is 0 Å². The monoisotopic (exact) mass is 356 g/mol. The van der Waals surface area contributed by atoms with E-state index in [1.54, 1.807) is 6.92 Å². The lowest BCUT2D eigenvalue weighted by Crippen LogP contribution is -2.25. The summed E-state index contributed by atoms with van der Waals surface area (Å²) in [6.07, 6.45) is 18.1. The number of esters is 1. The van der Waals surface area contributed by atoms with Gasteiger partial charge in [0.2, 0.25) is 0 Å². The highest BCUT2D eigenvalue weighted by Crippen LogP contribution is 2.16. The normalized spacial score (nSPS) is 12.1. The van der Waals surface area contributed by atoms with E-state index in [-0.39, 0.29) is 6.61 Å². The number of carboxylic acids is 1. The van der Waals surface area contributed by atoms with Crippen LogP contribution < -0.4 is 0 Å². The van der Waals surface area contributed by atoms with E-state index in [1.807, 2.05) is 0 Å². The summed E-state index contributed by atoms with van der Waals surface area (Å²) in [5.41, 5.74) is 0. The van der Waals surface area contributed by atoms with E-state index in [1.165, 1.54) is 70.6 Å². The van der Waals surface area contributed by atoms with Crippen LogP contribution in [0.1, 0.15) is 110 Å². The Labute approximate surface area is 154 Å². The molecule has 0 rings (SSSR count). The van der Waals surface area contributed by atoms with E-state index in [9.17, 15) is 9.59 Å². The Morgan fingerprint density at radius 2 is 1.12 bits per heavy atom. The minimum absolute atomic E-state index is 0.237. The molecule has 0 fully saturated rings. The molecule has 1 unspecified atom stereocenters. The number of hydrogen-bond donors (Lipinski definition) is 1. The first-order chi connectivity index (χ1) is 12.1. The van der Waals surface area contributed by atoms with Crippen molar-refractivity contribution in [3.05, 3.63) is 0 Å². The minimum atomic E-state index is -1.06. The SMILES string of the molecule is CCCCCCCCCCCCCCCCC(C(=O)O)C(=O)OCC. The molecule has 0 aromatic heterocycles. The second kappa shape index (κ2) is 17.8. The van der Waals surface area contributed by atoms with Gasteiger partial charge in [-0.3, -0.25) is 9.59 Å². The van der Waals surface area contributed by atoms with Crippen molar-refractivity contribution in [2.45, 2.75) is 110 Å². The maximum Gasteiger partial charge on any atom is 0.320 e. The molecule has 0 spiro atoms. The van der Waals surface area contributed by atoms with E-state index in [0.717, 1.165) is 19.3 Å². The number of hydrogen-bond acceptors (Lipinski definition) is 3. The van der Waals surface area contributed by atoms with Crippen LogP contribution in [0.3, 0.4) is 0 Å². The number of unbranched alkanes of at least 4 members (excludes halogenated alkanes) is 13. The molecule has 0 amide bonds. The van der Waals surface area contributed by atoms with Crippen LogP contribution in [0.5, 0.6) is 0 Å². The Bertz CT molecular complexity index is 328. The molecule has 0 heterocycles. The molecule has 148 valence electrons. The summed E-state index contributed by atoms with van der Waals surface area (Å²) < 4.78 is 4.82. The predicted molar refractivity (Wildman–Crippen MR) is 103 cm³/mol. The van der Waals surface area contributed by atoms with Gasteiger partial charge in [0.05, 0.1) is 6.61 Å². The van der Waals surface area contributed by atoms with Crippen molar-refractivity contribution in [2.24, 2.45) is 5.92 Å².